The number of halogens is 1. The first kappa shape index (κ1) is 44.5. The van der Waals surface area contributed by atoms with E-state index in [9.17, 15) is 4.79 Å². The lowest BCUT2D eigenvalue weighted by molar-refractivity contribution is 0.112. The zero-order valence-corrected chi connectivity index (χ0v) is 35.3. The van der Waals surface area contributed by atoms with Crippen molar-refractivity contribution in [1.82, 2.24) is 24.7 Å². The van der Waals surface area contributed by atoms with E-state index in [4.69, 9.17) is 22.7 Å². The third-order valence-electron chi connectivity index (χ3n) is 10.4. The first-order valence-corrected chi connectivity index (χ1v) is 20.1. The van der Waals surface area contributed by atoms with Gasteiger partial charge in [-0.05, 0) is 90.3 Å². The van der Waals surface area contributed by atoms with Crippen molar-refractivity contribution in [3.8, 4) is 23.1 Å². The summed E-state index contributed by atoms with van der Waals surface area (Å²) >= 11 is 6.17. The van der Waals surface area contributed by atoms with E-state index < -0.39 is 0 Å². The summed E-state index contributed by atoms with van der Waals surface area (Å²) in [4.78, 5) is 26.2. The van der Waals surface area contributed by atoms with E-state index in [1.165, 1.54) is 6.20 Å². The minimum absolute atomic E-state index is 0.0720. The summed E-state index contributed by atoms with van der Waals surface area (Å²) in [5.41, 5.74) is 14.7. The number of allylic oxidation sites excluding steroid dienone is 3. The Labute approximate surface area is 344 Å². The van der Waals surface area contributed by atoms with Gasteiger partial charge in [-0.15, -0.1) is 6.58 Å². The van der Waals surface area contributed by atoms with Crippen molar-refractivity contribution in [3.05, 3.63) is 118 Å². The number of nitrogens with one attached hydrogen (secondary N) is 3. The molecule has 4 rings (SSSR count). The van der Waals surface area contributed by atoms with Gasteiger partial charge in [-0.1, -0.05) is 60.4 Å². The average molecular weight is 791 g/mol. The molecule has 11 heteroatoms. The van der Waals surface area contributed by atoms with Crippen LogP contribution in [0.1, 0.15) is 79.7 Å². The molecule has 2 aromatic carbocycles. The molecule has 1 atom stereocenters. The molecule has 2 heterocycles. The number of nitrogens with zero attached hydrogens (tertiary/aromatic N) is 5. The van der Waals surface area contributed by atoms with Crippen LogP contribution in [0.15, 0.2) is 89.7 Å². The van der Waals surface area contributed by atoms with Gasteiger partial charge in [-0.25, -0.2) is 4.98 Å². The van der Waals surface area contributed by atoms with E-state index in [0.717, 1.165) is 90.9 Å². The predicted octanol–water partition coefficient (Wildman–Crippen LogP) is 7.78. The molecule has 5 N–H and O–H groups in total. The van der Waals surface area contributed by atoms with Crippen molar-refractivity contribution in [2.45, 2.75) is 78.0 Å². The largest absolute Gasteiger partial charge is 0.404 e. The van der Waals surface area contributed by atoms with Gasteiger partial charge in [0.05, 0.1) is 17.8 Å². The van der Waals surface area contributed by atoms with Crippen LogP contribution in [-0.2, 0) is 6.54 Å². The number of nitrogens with two attached hydrogens (primary N) is 1. The van der Waals surface area contributed by atoms with Gasteiger partial charge in [-0.2, -0.15) is 0 Å². The molecule has 0 radical (unpaired) electrons. The van der Waals surface area contributed by atoms with Crippen molar-refractivity contribution in [1.29, 1.82) is 5.41 Å². The molecule has 0 bridgehead atoms. The lowest BCUT2D eigenvalue weighted by Gasteiger charge is -2.34. The fraction of sp³-hybridized carbons (Fsp3) is 0.391. The summed E-state index contributed by atoms with van der Waals surface area (Å²) < 4.78 is 1.92. The number of likely N-dealkylation sites (tertiary alicyclic amines) is 1. The van der Waals surface area contributed by atoms with Crippen molar-refractivity contribution in [2.75, 3.05) is 45.6 Å². The molecule has 1 saturated heterocycles. The van der Waals surface area contributed by atoms with E-state index in [0.29, 0.717) is 41.0 Å². The maximum Gasteiger partial charge on any atom is 0.222 e. The molecule has 0 aliphatic carbocycles. The van der Waals surface area contributed by atoms with E-state index in [-0.39, 0.29) is 17.7 Å². The summed E-state index contributed by atoms with van der Waals surface area (Å²) in [6.45, 7) is 20.2. The summed E-state index contributed by atoms with van der Waals surface area (Å²) in [5, 5.41) is 16.2. The average Bonchev–Trinajstić information content (AvgIpc) is 3.20. The van der Waals surface area contributed by atoms with Crippen LogP contribution in [-0.4, -0.2) is 84.2 Å². The van der Waals surface area contributed by atoms with Gasteiger partial charge in [0, 0.05) is 108 Å². The maximum atomic E-state index is 12.1. The van der Waals surface area contributed by atoms with Gasteiger partial charge < -0.3 is 25.8 Å². The van der Waals surface area contributed by atoms with Crippen LogP contribution < -0.4 is 22.0 Å². The fourth-order valence-corrected chi connectivity index (χ4v) is 7.35. The second-order valence-electron chi connectivity index (χ2n) is 14.8. The summed E-state index contributed by atoms with van der Waals surface area (Å²) in [6, 6.07) is 13.9. The summed E-state index contributed by atoms with van der Waals surface area (Å²) in [5.74, 6) is 6.40. The van der Waals surface area contributed by atoms with Crippen molar-refractivity contribution >= 4 is 35.9 Å². The molecule has 3 aromatic rings. The van der Waals surface area contributed by atoms with Gasteiger partial charge in [0.2, 0.25) is 5.62 Å². The number of rotatable bonds is 18. The third kappa shape index (κ3) is 12.4. The number of aliphatic imine (C=N–C) groups is 1. The number of benzene rings is 2. The number of carbonyl (C=O) groups excluding carboxylic acids is 1. The highest BCUT2D eigenvalue weighted by molar-refractivity contribution is 6.30. The normalized spacial score (nSPS) is 14.8. The Hall–Kier alpha value is -5.21. The number of aldehydes is 1. The molecule has 1 aliphatic rings. The standard InChI is InChI=1S/C46H60ClN9O/c1-9-10-14-44(34(5)50-7)54(8)30-42-38(31-57)12-11-13-43(42)52-40-21-24-55(25-22-40)26-23-51-29-36(28-48)16-15-33(4)27-41-35(6)56(32(2)3)46(49)53-45(41)37-17-19-39(47)20-18-37/h9,11-13,17-20,27-29,31-32,40,44,49-50,52H,1,5,10,14,21-26,30,48H2,2-4,6-8H3/b33-27+,36-28?,49-46?,51-29?. The van der Waals surface area contributed by atoms with E-state index in [1.807, 2.05) is 87.9 Å². The molecule has 1 unspecified atom stereocenters. The van der Waals surface area contributed by atoms with Crippen molar-refractivity contribution < 1.29 is 4.79 Å². The Morgan fingerprint density at radius 1 is 1.19 bits per heavy atom. The first-order chi connectivity index (χ1) is 27.4. The predicted molar refractivity (Wildman–Crippen MR) is 239 cm³/mol. The highest BCUT2D eigenvalue weighted by Crippen LogP contribution is 2.28. The Morgan fingerprint density at radius 3 is 2.54 bits per heavy atom. The van der Waals surface area contributed by atoms with Gasteiger partial charge >= 0.3 is 0 Å². The molecule has 302 valence electrons. The molecular formula is C46H60ClN9O. The SMILES string of the molecule is C=CCCC(C(=C)NC)N(C)Cc1c(C=O)cccc1NC1CCN(CCN=CC(C#C/C(C)=C/c2c(-c3ccc(Cl)cc3)nc(=N)n(C(C)C)c2C)=CN)CC1. The first-order valence-electron chi connectivity index (χ1n) is 19.7. The zero-order valence-electron chi connectivity index (χ0n) is 34.5. The Kier molecular flexibility index (Phi) is 17.1. The molecule has 1 fully saturated rings. The number of hydrogen-bond donors (Lipinski definition) is 4. The second kappa shape index (κ2) is 21.9. The van der Waals surface area contributed by atoms with Gasteiger partial charge in [0.1, 0.15) is 6.29 Å². The highest BCUT2D eigenvalue weighted by Gasteiger charge is 2.23. The Morgan fingerprint density at radius 2 is 1.91 bits per heavy atom. The minimum Gasteiger partial charge on any atom is -0.404 e. The van der Waals surface area contributed by atoms with Crippen LogP contribution in [0.25, 0.3) is 17.3 Å². The molecule has 10 nitrogen and oxygen atoms in total. The smallest absolute Gasteiger partial charge is 0.222 e. The number of hydrogen-bond acceptors (Lipinski definition) is 9. The Balaban J connectivity index is 1.36. The monoisotopic (exact) mass is 789 g/mol. The van der Waals surface area contributed by atoms with Gasteiger partial charge in [-0.3, -0.25) is 20.1 Å². The van der Waals surface area contributed by atoms with E-state index in [2.05, 4.69) is 68.5 Å². The number of anilines is 1. The van der Waals surface area contributed by atoms with Crippen molar-refractivity contribution in [2.24, 2.45) is 10.7 Å². The molecule has 57 heavy (non-hydrogen) atoms. The van der Waals surface area contributed by atoms with Gasteiger partial charge in [0.15, 0.2) is 0 Å². The lowest BCUT2D eigenvalue weighted by Crippen LogP contribution is -2.40. The van der Waals surface area contributed by atoms with Crippen LogP contribution in [0.2, 0.25) is 5.02 Å². The second-order valence-corrected chi connectivity index (χ2v) is 15.2. The maximum absolute atomic E-state index is 12.1. The van der Waals surface area contributed by atoms with Crippen LogP contribution in [0, 0.1) is 24.2 Å². The topological polar surface area (TPSA) is 128 Å². The number of carbonyl (C=O) groups is 1. The molecule has 1 aromatic heterocycles. The summed E-state index contributed by atoms with van der Waals surface area (Å²) in [6.07, 6.45) is 11.9. The fourth-order valence-electron chi connectivity index (χ4n) is 7.23. The number of aromatic nitrogens is 2. The summed E-state index contributed by atoms with van der Waals surface area (Å²) in [7, 11) is 3.98. The molecule has 0 spiro atoms. The molecule has 0 saturated carbocycles. The molecular weight excluding hydrogens is 730 g/mol. The minimum atomic E-state index is 0.0720. The van der Waals surface area contributed by atoms with Gasteiger partial charge in [0.25, 0.3) is 0 Å². The van der Waals surface area contributed by atoms with E-state index in [1.54, 1.807) is 6.21 Å². The van der Waals surface area contributed by atoms with Crippen LogP contribution in [0.3, 0.4) is 0 Å². The van der Waals surface area contributed by atoms with Crippen LogP contribution in [0.5, 0.6) is 0 Å². The van der Waals surface area contributed by atoms with Crippen LogP contribution in [0.4, 0.5) is 5.69 Å². The Bertz CT molecular complexity index is 2080. The zero-order chi connectivity index (χ0) is 41.5. The quantitative estimate of drug-likeness (QED) is 0.0449. The lowest BCUT2D eigenvalue weighted by atomic mass is 10.00. The molecule has 1 aliphatic heterocycles. The van der Waals surface area contributed by atoms with Crippen molar-refractivity contribution in [3.63, 3.8) is 0 Å². The molecule has 0 amide bonds. The third-order valence-corrected chi connectivity index (χ3v) is 10.7. The highest BCUT2D eigenvalue weighted by atomic mass is 35.5. The number of piperidine rings is 1. The van der Waals surface area contributed by atoms with E-state index >= 15 is 0 Å². The number of likely N-dealkylation sites (N-methyl/N-ethyl adjacent to an activating group) is 2. The van der Waals surface area contributed by atoms with Crippen LogP contribution >= 0.6 is 11.6 Å².